The first kappa shape index (κ1) is 8.44. The normalized spacial score (nSPS) is 18.3. The number of aliphatic hydroxyl groups is 1. The third kappa shape index (κ3) is 1.78. The van der Waals surface area contributed by atoms with E-state index < -0.39 is 0 Å². The molecule has 0 saturated heterocycles. The van der Waals surface area contributed by atoms with E-state index in [9.17, 15) is 0 Å². The molecule has 0 unspecified atom stereocenters. The molecular weight excluding hydrogens is 166 g/mol. The van der Waals surface area contributed by atoms with Crippen LogP contribution in [0.25, 0.3) is 0 Å². The van der Waals surface area contributed by atoms with Crippen LogP contribution in [-0.2, 0) is 0 Å². The number of anilines is 1. The van der Waals surface area contributed by atoms with Gasteiger partial charge in [-0.05, 0) is 25.8 Å². The fourth-order valence-electron chi connectivity index (χ4n) is 1.27. The van der Waals surface area contributed by atoms with Crippen LogP contribution in [0.3, 0.4) is 0 Å². The van der Waals surface area contributed by atoms with E-state index in [-0.39, 0.29) is 12.1 Å². The van der Waals surface area contributed by atoms with E-state index in [2.05, 4.69) is 15.3 Å². The van der Waals surface area contributed by atoms with Crippen LogP contribution in [0.15, 0.2) is 12.3 Å². The highest BCUT2D eigenvalue weighted by Crippen LogP contribution is 2.37. The molecule has 13 heavy (non-hydrogen) atoms. The minimum Gasteiger partial charge on any atom is -0.394 e. The van der Waals surface area contributed by atoms with Crippen molar-refractivity contribution >= 4 is 5.82 Å². The number of rotatable bonds is 3. The van der Waals surface area contributed by atoms with Gasteiger partial charge in [-0.1, -0.05) is 0 Å². The van der Waals surface area contributed by atoms with Crippen molar-refractivity contribution < 1.29 is 5.11 Å². The Morgan fingerprint density at radius 3 is 2.92 bits per heavy atom. The van der Waals surface area contributed by atoms with Gasteiger partial charge in [0, 0.05) is 6.20 Å². The molecule has 0 aromatic carbocycles. The first-order chi connectivity index (χ1) is 6.24. The summed E-state index contributed by atoms with van der Waals surface area (Å²) in [6, 6.07) is 1.82. The number of aryl methyl sites for hydroxylation is 1. The maximum atomic E-state index is 9.08. The van der Waals surface area contributed by atoms with Gasteiger partial charge in [-0.2, -0.15) is 0 Å². The largest absolute Gasteiger partial charge is 0.394 e. The molecule has 0 radical (unpaired) electrons. The van der Waals surface area contributed by atoms with E-state index in [4.69, 9.17) is 5.11 Å². The molecule has 1 saturated carbocycles. The minimum absolute atomic E-state index is 0.0964. The number of hydrogen-bond acceptors (Lipinski definition) is 4. The van der Waals surface area contributed by atoms with Gasteiger partial charge in [0.05, 0.1) is 12.1 Å². The highest BCUT2D eigenvalue weighted by Gasteiger charge is 2.42. The van der Waals surface area contributed by atoms with Gasteiger partial charge in [0.2, 0.25) is 0 Å². The number of aliphatic hydroxyl groups excluding tert-OH is 1. The van der Waals surface area contributed by atoms with E-state index in [0.29, 0.717) is 0 Å². The molecule has 0 amide bonds. The molecular formula is C9H13N3O. The predicted octanol–water partition coefficient (Wildman–Crippen LogP) is 0.722. The average Bonchev–Trinajstić information content (AvgIpc) is 2.86. The van der Waals surface area contributed by atoms with Crippen molar-refractivity contribution in [2.75, 3.05) is 11.9 Å². The van der Waals surface area contributed by atoms with Crippen LogP contribution in [0, 0.1) is 6.92 Å². The van der Waals surface area contributed by atoms with Gasteiger partial charge >= 0.3 is 0 Å². The summed E-state index contributed by atoms with van der Waals surface area (Å²) in [7, 11) is 0. The third-order valence-corrected chi connectivity index (χ3v) is 2.33. The first-order valence-corrected chi connectivity index (χ1v) is 4.43. The lowest BCUT2D eigenvalue weighted by atomic mass is 10.3. The van der Waals surface area contributed by atoms with Crippen LogP contribution in [-0.4, -0.2) is 27.2 Å². The van der Waals surface area contributed by atoms with Crippen LogP contribution < -0.4 is 5.32 Å². The zero-order chi connectivity index (χ0) is 9.31. The topological polar surface area (TPSA) is 58.0 Å². The van der Waals surface area contributed by atoms with Gasteiger partial charge in [0.1, 0.15) is 11.6 Å². The van der Waals surface area contributed by atoms with Crippen LogP contribution in [0.4, 0.5) is 5.82 Å². The van der Waals surface area contributed by atoms with Crippen molar-refractivity contribution in [2.45, 2.75) is 25.3 Å². The summed E-state index contributed by atoms with van der Waals surface area (Å²) < 4.78 is 0. The van der Waals surface area contributed by atoms with Gasteiger partial charge < -0.3 is 10.4 Å². The fraction of sp³-hybridized carbons (Fsp3) is 0.556. The highest BCUT2D eigenvalue weighted by molar-refractivity contribution is 5.39. The second-order valence-electron chi connectivity index (χ2n) is 3.55. The molecule has 0 aliphatic heterocycles. The maximum absolute atomic E-state index is 9.08. The van der Waals surface area contributed by atoms with Crippen LogP contribution >= 0.6 is 0 Å². The summed E-state index contributed by atoms with van der Waals surface area (Å²) in [5, 5.41) is 12.3. The highest BCUT2D eigenvalue weighted by atomic mass is 16.3. The number of aromatic nitrogens is 2. The Morgan fingerprint density at radius 1 is 1.62 bits per heavy atom. The van der Waals surface area contributed by atoms with E-state index >= 15 is 0 Å². The van der Waals surface area contributed by atoms with Crippen molar-refractivity contribution in [1.29, 1.82) is 0 Å². The molecule has 1 fully saturated rings. The van der Waals surface area contributed by atoms with Crippen molar-refractivity contribution in [1.82, 2.24) is 9.97 Å². The lowest BCUT2D eigenvalue weighted by Crippen LogP contribution is -2.26. The summed E-state index contributed by atoms with van der Waals surface area (Å²) in [6.45, 7) is 2.03. The molecule has 1 aliphatic rings. The fourth-order valence-corrected chi connectivity index (χ4v) is 1.27. The molecule has 0 spiro atoms. The quantitative estimate of drug-likeness (QED) is 0.718. The van der Waals surface area contributed by atoms with Gasteiger partial charge in [0.15, 0.2) is 0 Å². The molecule has 0 bridgehead atoms. The predicted molar refractivity (Wildman–Crippen MR) is 49.4 cm³/mol. The Labute approximate surface area is 77.0 Å². The number of nitrogens with one attached hydrogen (secondary N) is 1. The number of nitrogens with zero attached hydrogens (tertiary/aromatic N) is 2. The van der Waals surface area contributed by atoms with Crippen LogP contribution in [0.5, 0.6) is 0 Å². The second-order valence-corrected chi connectivity index (χ2v) is 3.55. The van der Waals surface area contributed by atoms with E-state index in [1.54, 1.807) is 6.20 Å². The lowest BCUT2D eigenvalue weighted by molar-refractivity contribution is 0.266. The van der Waals surface area contributed by atoms with E-state index in [1.807, 2.05) is 13.0 Å². The molecule has 4 nitrogen and oxygen atoms in total. The lowest BCUT2D eigenvalue weighted by Gasteiger charge is -2.14. The Balaban J connectivity index is 2.09. The molecule has 70 valence electrons. The van der Waals surface area contributed by atoms with Crippen molar-refractivity contribution in [3.05, 3.63) is 18.1 Å². The van der Waals surface area contributed by atoms with Crippen LogP contribution in [0.2, 0.25) is 0 Å². The van der Waals surface area contributed by atoms with Crippen molar-refractivity contribution in [3.8, 4) is 0 Å². The molecule has 1 heterocycles. The molecule has 1 aromatic heterocycles. The Morgan fingerprint density at radius 2 is 2.38 bits per heavy atom. The van der Waals surface area contributed by atoms with Gasteiger partial charge in [-0.15, -0.1) is 0 Å². The number of hydrogen-bond donors (Lipinski definition) is 2. The Bertz CT molecular complexity index is 309. The van der Waals surface area contributed by atoms with E-state index in [1.165, 1.54) is 0 Å². The van der Waals surface area contributed by atoms with Crippen molar-refractivity contribution in [3.63, 3.8) is 0 Å². The van der Waals surface area contributed by atoms with Crippen LogP contribution in [0.1, 0.15) is 18.7 Å². The smallest absolute Gasteiger partial charge is 0.130 e. The maximum Gasteiger partial charge on any atom is 0.130 e. The SMILES string of the molecule is Cc1nccc(NC2(CO)CC2)n1. The average molecular weight is 179 g/mol. The van der Waals surface area contributed by atoms with Crippen molar-refractivity contribution in [2.24, 2.45) is 0 Å². The summed E-state index contributed by atoms with van der Waals surface area (Å²) in [5.41, 5.74) is -0.0964. The first-order valence-electron chi connectivity index (χ1n) is 4.43. The summed E-state index contributed by atoms with van der Waals surface area (Å²) >= 11 is 0. The summed E-state index contributed by atoms with van der Waals surface area (Å²) in [4.78, 5) is 8.22. The Hall–Kier alpha value is -1.16. The summed E-state index contributed by atoms with van der Waals surface area (Å²) in [6.07, 6.45) is 3.76. The van der Waals surface area contributed by atoms with E-state index in [0.717, 1.165) is 24.5 Å². The Kier molecular flexibility index (Phi) is 1.92. The molecule has 1 aromatic rings. The third-order valence-electron chi connectivity index (χ3n) is 2.33. The summed E-state index contributed by atoms with van der Waals surface area (Å²) in [5.74, 6) is 1.55. The molecule has 2 rings (SSSR count). The minimum atomic E-state index is -0.0964. The molecule has 4 heteroatoms. The van der Waals surface area contributed by atoms with Gasteiger partial charge in [-0.3, -0.25) is 0 Å². The monoisotopic (exact) mass is 179 g/mol. The van der Waals surface area contributed by atoms with Gasteiger partial charge in [-0.25, -0.2) is 9.97 Å². The zero-order valence-electron chi connectivity index (χ0n) is 7.62. The zero-order valence-corrected chi connectivity index (χ0v) is 7.62. The second kappa shape index (κ2) is 2.96. The molecule has 1 aliphatic carbocycles. The molecule has 0 atom stereocenters. The standard InChI is InChI=1S/C9H13N3O/c1-7-10-5-2-8(11-7)12-9(6-13)3-4-9/h2,5,13H,3-4,6H2,1H3,(H,10,11,12). The molecule has 2 N–H and O–H groups in total. The van der Waals surface area contributed by atoms with Gasteiger partial charge in [0.25, 0.3) is 0 Å².